The van der Waals surface area contributed by atoms with Crippen molar-refractivity contribution < 1.29 is 14.3 Å². The van der Waals surface area contributed by atoms with Gasteiger partial charge in [0.05, 0.1) is 11.6 Å². The minimum absolute atomic E-state index is 0.000919. The van der Waals surface area contributed by atoms with E-state index in [4.69, 9.17) is 4.74 Å². The number of fused-ring (bicyclic) bond motifs is 1. The summed E-state index contributed by atoms with van der Waals surface area (Å²) in [5.74, 6) is -0.569. The van der Waals surface area contributed by atoms with Crippen molar-refractivity contribution in [2.24, 2.45) is 5.92 Å². The molecule has 1 aromatic carbocycles. The SMILES string of the molecule is Cc1ccc2nc(COC(=O)C3CCN(C(=O)c4ccccc4C)CC3)cc(=O)n2c1. The lowest BCUT2D eigenvalue weighted by atomic mass is 9.96. The molecule has 3 aromatic rings. The number of piperidine rings is 1. The van der Waals surface area contributed by atoms with Gasteiger partial charge in [-0.3, -0.25) is 18.8 Å². The van der Waals surface area contributed by atoms with E-state index < -0.39 is 0 Å². The van der Waals surface area contributed by atoms with Crippen molar-refractivity contribution in [1.82, 2.24) is 14.3 Å². The third-order valence-electron chi connectivity index (χ3n) is 5.71. The molecule has 1 fully saturated rings. The molecular formula is C24H25N3O4. The second kappa shape index (κ2) is 8.71. The van der Waals surface area contributed by atoms with Gasteiger partial charge in [-0.15, -0.1) is 0 Å². The first-order valence-corrected chi connectivity index (χ1v) is 10.4. The van der Waals surface area contributed by atoms with Crippen LogP contribution in [0.3, 0.4) is 0 Å². The molecule has 2 aromatic heterocycles. The van der Waals surface area contributed by atoms with Crippen LogP contribution in [0.4, 0.5) is 0 Å². The highest BCUT2D eigenvalue weighted by Gasteiger charge is 2.29. The maximum Gasteiger partial charge on any atom is 0.309 e. The van der Waals surface area contributed by atoms with E-state index in [-0.39, 0.29) is 30.0 Å². The zero-order chi connectivity index (χ0) is 22.0. The quantitative estimate of drug-likeness (QED) is 0.608. The van der Waals surface area contributed by atoms with Crippen LogP contribution in [-0.2, 0) is 16.1 Å². The lowest BCUT2D eigenvalue weighted by molar-refractivity contribution is -0.151. The molecule has 0 N–H and O–H groups in total. The van der Waals surface area contributed by atoms with Gasteiger partial charge in [0.15, 0.2) is 0 Å². The number of benzene rings is 1. The first kappa shape index (κ1) is 20.8. The van der Waals surface area contributed by atoms with Gasteiger partial charge in [0.25, 0.3) is 11.5 Å². The molecule has 1 aliphatic rings. The van der Waals surface area contributed by atoms with E-state index in [1.165, 1.54) is 10.5 Å². The fourth-order valence-corrected chi connectivity index (χ4v) is 3.90. The molecular weight excluding hydrogens is 394 g/mol. The fourth-order valence-electron chi connectivity index (χ4n) is 3.90. The lowest BCUT2D eigenvalue weighted by Gasteiger charge is -2.31. The number of likely N-dealkylation sites (tertiary alicyclic amines) is 1. The van der Waals surface area contributed by atoms with E-state index in [0.717, 1.165) is 11.1 Å². The van der Waals surface area contributed by atoms with Gasteiger partial charge in [-0.25, -0.2) is 4.98 Å². The number of ether oxygens (including phenoxy) is 1. The first-order chi connectivity index (χ1) is 14.9. The second-order valence-electron chi connectivity index (χ2n) is 8.01. The largest absolute Gasteiger partial charge is 0.459 e. The van der Waals surface area contributed by atoms with Crippen LogP contribution in [0, 0.1) is 19.8 Å². The Morgan fingerprint density at radius 3 is 2.58 bits per heavy atom. The standard InChI is InChI=1S/C24H25N3O4/c1-16-7-8-21-25-19(13-22(28)27(21)14-16)15-31-24(30)18-9-11-26(12-10-18)23(29)20-6-4-3-5-17(20)2/h3-8,13-14,18H,9-12,15H2,1-2H3. The average molecular weight is 419 g/mol. The van der Waals surface area contributed by atoms with Crippen molar-refractivity contribution in [3.05, 3.63) is 81.4 Å². The number of nitrogens with zero attached hydrogens (tertiary/aromatic N) is 3. The summed E-state index contributed by atoms with van der Waals surface area (Å²) in [6.07, 6.45) is 2.85. The van der Waals surface area contributed by atoms with Gasteiger partial charge in [-0.2, -0.15) is 0 Å². The van der Waals surface area contributed by atoms with Crippen LogP contribution in [0.5, 0.6) is 0 Å². The van der Waals surface area contributed by atoms with Gasteiger partial charge in [0, 0.05) is 30.9 Å². The predicted octanol–water partition coefficient (Wildman–Crippen LogP) is 2.91. The molecule has 0 radical (unpaired) electrons. The van der Waals surface area contributed by atoms with Crippen molar-refractivity contribution in [1.29, 1.82) is 0 Å². The minimum Gasteiger partial charge on any atom is -0.459 e. The lowest BCUT2D eigenvalue weighted by Crippen LogP contribution is -2.40. The van der Waals surface area contributed by atoms with Gasteiger partial charge in [0.2, 0.25) is 0 Å². The highest BCUT2D eigenvalue weighted by Crippen LogP contribution is 2.21. The van der Waals surface area contributed by atoms with Gasteiger partial charge >= 0.3 is 5.97 Å². The van der Waals surface area contributed by atoms with Gasteiger partial charge in [-0.05, 0) is 49.9 Å². The van der Waals surface area contributed by atoms with E-state index in [0.29, 0.717) is 42.8 Å². The van der Waals surface area contributed by atoms with Crippen LogP contribution >= 0.6 is 0 Å². The van der Waals surface area contributed by atoms with Gasteiger partial charge < -0.3 is 9.64 Å². The summed E-state index contributed by atoms with van der Waals surface area (Å²) in [6.45, 7) is 4.82. The van der Waals surface area contributed by atoms with Crippen LogP contribution in [0.1, 0.15) is 40.0 Å². The number of aryl methyl sites for hydroxylation is 2. The maximum absolute atomic E-state index is 12.7. The molecule has 0 spiro atoms. The van der Waals surface area contributed by atoms with Crippen LogP contribution in [0.15, 0.2) is 53.5 Å². The zero-order valence-electron chi connectivity index (χ0n) is 17.7. The van der Waals surface area contributed by atoms with Crippen molar-refractivity contribution >= 4 is 17.5 Å². The summed E-state index contributed by atoms with van der Waals surface area (Å²) in [4.78, 5) is 43.7. The Labute approximate surface area is 180 Å². The molecule has 7 heteroatoms. The van der Waals surface area contributed by atoms with Gasteiger partial charge in [-0.1, -0.05) is 24.3 Å². The van der Waals surface area contributed by atoms with Crippen molar-refractivity contribution in [2.45, 2.75) is 33.3 Å². The summed E-state index contributed by atoms with van der Waals surface area (Å²) >= 11 is 0. The molecule has 4 rings (SSSR count). The third kappa shape index (κ3) is 4.50. The summed E-state index contributed by atoms with van der Waals surface area (Å²) in [6, 6.07) is 12.6. The number of hydrogen-bond donors (Lipinski definition) is 0. The number of rotatable bonds is 4. The Balaban J connectivity index is 1.34. The Bertz CT molecular complexity index is 1190. The molecule has 0 aliphatic carbocycles. The van der Waals surface area contributed by atoms with E-state index >= 15 is 0 Å². The van der Waals surface area contributed by atoms with Crippen molar-refractivity contribution in [3.63, 3.8) is 0 Å². The molecule has 0 atom stereocenters. The fraction of sp³-hybridized carbons (Fsp3) is 0.333. The maximum atomic E-state index is 12.7. The van der Waals surface area contributed by atoms with Gasteiger partial charge in [0.1, 0.15) is 12.3 Å². The highest BCUT2D eigenvalue weighted by atomic mass is 16.5. The number of amides is 1. The molecule has 1 amide bonds. The molecule has 3 heterocycles. The third-order valence-corrected chi connectivity index (χ3v) is 5.71. The zero-order valence-corrected chi connectivity index (χ0v) is 17.7. The molecule has 0 bridgehead atoms. The number of hydrogen-bond acceptors (Lipinski definition) is 5. The summed E-state index contributed by atoms with van der Waals surface area (Å²) in [5, 5.41) is 0. The summed E-state index contributed by atoms with van der Waals surface area (Å²) < 4.78 is 6.92. The molecule has 0 saturated carbocycles. The number of esters is 1. The molecule has 1 aliphatic heterocycles. The molecule has 1 saturated heterocycles. The first-order valence-electron chi connectivity index (χ1n) is 10.4. The average Bonchev–Trinajstić information content (AvgIpc) is 2.78. The van der Waals surface area contributed by atoms with Crippen LogP contribution < -0.4 is 5.56 Å². The molecule has 160 valence electrons. The Morgan fingerprint density at radius 2 is 1.84 bits per heavy atom. The Kier molecular flexibility index (Phi) is 5.84. The minimum atomic E-state index is -0.311. The molecule has 0 unspecified atom stereocenters. The second-order valence-corrected chi connectivity index (χ2v) is 8.01. The van der Waals surface area contributed by atoms with Crippen molar-refractivity contribution in [2.75, 3.05) is 13.1 Å². The van der Waals surface area contributed by atoms with Crippen LogP contribution in [-0.4, -0.2) is 39.3 Å². The van der Waals surface area contributed by atoms with E-state index in [2.05, 4.69) is 4.98 Å². The number of carbonyl (C=O) groups excluding carboxylic acids is 2. The molecule has 31 heavy (non-hydrogen) atoms. The number of pyridine rings is 1. The normalized spacial score (nSPS) is 14.6. The predicted molar refractivity (Wildman–Crippen MR) is 116 cm³/mol. The number of carbonyl (C=O) groups is 2. The van der Waals surface area contributed by atoms with Crippen molar-refractivity contribution in [3.8, 4) is 0 Å². The molecule has 7 nitrogen and oxygen atoms in total. The van der Waals surface area contributed by atoms with E-state index in [1.54, 1.807) is 17.2 Å². The van der Waals surface area contributed by atoms with Crippen LogP contribution in [0.2, 0.25) is 0 Å². The van der Waals surface area contributed by atoms with Crippen LogP contribution in [0.25, 0.3) is 5.65 Å². The topological polar surface area (TPSA) is 81.0 Å². The van der Waals surface area contributed by atoms with E-state index in [9.17, 15) is 14.4 Å². The highest BCUT2D eigenvalue weighted by molar-refractivity contribution is 5.95. The Hall–Kier alpha value is -3.48. The Morgan fingerprint density at radius 1 is 1.10 bits per heavy atom. The smallest absolute Gasteiger partial charge is 0.309 e. The summed E-state index contributed by atoms with van der Waals surface area (Å²) in [5.41, 5.74) is 3.35. The monoisotopic (exact) mass is 419 g/mol. The summed E-state index contributed by atoms with van der Waals surface area (Å²) in [7, 11) is 0. The number of aromatic nitrogens is 2. The van der Waals surface area contributed by atoms with E-state index in [1.807, 2.05) is 44.2 Å².